The summed E-state index contributed by atoms with van der Waals surface area (Å²) in [5, 5.41) is 3.00. The largest absolute Gasteiger partial charge is 0.349 e. The van der Waals surface area contributed by atoms with Crippen LogP contribution in [0.15, 0.2) is 53.4 Å². The van der Waals surface area contributed by atoms with Crippen molar-refractivity contribution in [2.45, 2.75) is 63.1 Å². The molecule has 2 aromatic carbocycles. The zero-order valence-electron chi connectivity index (χ0n) is 16.1. The molecule has 0 bridgehead atoms. The van der Waals surface area contributed by atoms with E-state index < -0.39 is 0 Å². The predicted molar refractivity (Wildman–Crippen MR) is 108 cm³/mol. The van der Waals surface area contributed by atoms with Gasteiger partial charge in [0, 0.05) is 4.90 Å². The van der Waals surface area contributed by atoms with Crippen LogP contribution in [0.2, 0.25) is 0 Å². The number of aryl methyl sites for hydroxylation is 1. The number of hydrogen-bond acceptors (Lipinski definition) is 2. The number of hydrogen-bond donors (Lipinski definition) is 1. The van der Waals surface area contributed by atoms with Crippen LogP contribution in [-0.2, 0) is 10.2 Å². The summed E-state index contributed by atoms with van der Waals surface area (Å²) in [7, 11) is 0. The van der Waals surface area contributed by atoms with Crippen molar-refractivity contribution in [1.82, 2.24) is 5.32 Å². The fraction of sp³-hybridized carbons (Fsp3) is 0.409. The second-order valence-corrected chi connectivity index (χ2v) is 9.09. The van der Waals surface area contributed by atoms with Crippen molar-refractivity contribution >= 4 is 17.7 Å². The number of benzene rings is 2. The van der Waals surface area contributed by atoms with Crippen LogP contribution < -0.4 is 5.32 Å². The van der Waals surface area contributed by atoms with Crippen LogP contribution in [0.4, 0.5) is 0 Å². The van der Waals surface area contributed by atoms with Gasteiger partial charge in [-0.1, -0.05) is 62.7 Å². The van der Waals surface area contributed by atoms with Crippen molar-refractivity contribution < 1.29 is 4.79 Å². The highest BCUT2D eigenvalue weighted by Gasteiger charge is 2.18. The Morgan fingerprint density at radius 2 is 1.52 bits per heavy atom. The lowest BCUT2D eigenvalue weighted by Gasteiger charge is -2.21. The van der Waals surface area contributed by atoms with Gasteiger partial charge in [0.25, 0.3) is 0 Å². The van der Waals surface area contributed by atoms with Gasteiger partial charge in [0.05, 0.1) is 11.3 Å². The molecule has 0 heterocycles. The highest BCUT2D eigenvalue weighted by atomic mass is 32.2. The van der Waals surface area contributed by atoms with Gasteiger partial charge in [-0.2, -0.15) is 0 Å². The topological polar surface area (TPSA) is 29.1 Å². The maximum atomic E-state index is 12.5. The molecule has 0 aromatic heterocycles. The van der Waals surface area contributed by atoms with E-state index in [4.69, 9.17) is 0 Å². The number of carbonyl (C=O) groups is 1. The summed E-state index contributed by atoms with van der Waals surface area (Å²) in [5.74, 6) is 0.0676. The van der Waals surface area contributed by atoms with Crippen LogP contribution in [0, 0.1) is 6.92 Å². The molecule has 2 nitrogen and oxygen atoms in total. The van der Waals surface area contributed by atoms with E-state index in [0.717, 1.165) is 10.5 Å². The van der Waals surface area contributed by atoms with E-state index in [2.05, 4.69) is 81.5 Å². The normalized spacial score (nSPS) is 14.0. The second-order valence-electron chi connectivity index (χ2n) is 7.68. The molecule has 0 spiro atoms. The summed E-state index contributed by atoms with van der Waals surface area (Å²) in [6.07, 6.45) is 0. The van der Waals surface area contributed by atoms with Gasteiger partial charge in [0.2, 0.25) is 5.91 Å². The minimum absolute atomic E-state index is 0.00239. The molecule has 0 aliphatic rings. The Kier molecular flexibility index (Phi) is 6.34. The number of nitrogens with one attached hydrogen (secondary N) is 1. The molecule has 134 valence electrons. The quantitative estimate of drug-likeness (QED) is 0.702. The number of amides is 1. The zero-order valence-corrected chi connectivity index (χ0v) is 16.9. The Morgan fingerprint density at radius 3 is 2.04 bits per heavy atom. The van der Waals surface area contributed by atoms with Crippen molar-refractivity contribution in [1.29, 1.82) is 0 Å². The standard InChI is InChI=1S/C22H29NOS/c1-15-7-13-20(14-8-15)25-17(3)21(24)23-16(2)18-9-11-19(12-10-18)22(4,5)6/h7-14,16-17H,1-6H3,(H,23,24)/t16-,17+/m0/s1. The van der Waals surface area contributed by atoms with Crippen LogP contribution in [0.1, 0.15) is 57.4 Å². The van der Waals surface area contributed by atoms with Crippen LogP contribution in [-0.4, -0.2) is 11.2 Å². The zero-order chi connectivity index (χ0) is 18.6. The van der Waals surface area contributed by atoms with Crippen molar-refractivity contribution in [3.05, 3.63) is 65.2 Å². The van der Waals surface area contributed by atoms with Crippen LogP contribution >= 0.6 is 11.8 Å². The summed E-state index contributed by atoms with van der Waals surface area (Å²) in [6, 6.07) is 16.8. The number of carbonyl (C=O) groups excluding carboxylic acids is 1. The highest BCUT2D eigenvalue weighted by Crippen LogP contribution is 2.26. The molecule has 1 N–H and O–H groups in total. The summed E-state index contributed by atoms with van der Waals surface area (Å²) in [4.78, 5) is 13.6. The first-order valence-corrected chi connectivity index (χ1v) is 9.69. The van der Waals surface area contributed by atoms with Crippen LogP contribution in [0.3, 0.4) is 0 Å². The van der Waals surface area contributed by atoms with Crippen molar-refractivity contribution in [3.63, 3.8) is 0 Å². The van der Waals surface area contributed by atoms with Crippen molar-refractivity contribution in [2.24, 2.45) is 0 Å². The fourth-order valence-corrected chi connectivity index (χ4v) is 3.44. The second kappa shape index (κ2) is 8.09. The van der Waals surface area contributed by atoms with Crippen LogP contribution in [0.25, 0.3) is 0 Å². The van der Waals surface area contributed by atoms with E-state index in [1.807, 2.05) is 13.8 Å². The lowest BCUT2D eigenvalue weighted by molar-refractivity contribution is -0.120. The predicted octanol–water partition coefficient (Wildman–Crippen LogP) is 5.65. The third kappa shape index (κ3) is 5.64. The molecule has 2 aromatic rings. The average Bonchev–Trinajstić information content (AvgIpc) is 2.56. The molecule has 0 aliphatic carbocycles. The van der Waals surface area contributed by atoms with Gasteiger partial charge in [-0.3, -0.25) is 4.79 Å². The molecule has 3 heteroatoms. The summed E-state index contributed by atoms with van der Waals surface area (Å²) < 4.78 is 0. The van der Waals surface area contributed by atoms with Gasteiger partial charge in [-0.05, 0) is 49.4 Å². The Morgan fingerprint density at radius 1 is 0.960 bits per heavy atom. The summed E-state index contributed by atoms with van der Waals surface area (Å²) in [6.45, 7) is 12.7. The SMILES string of the molecule is Cc1ccc(S[C@H](C)C(=O)N[C@@H](C)c2ccc(C(C)(C)C)cc2)cc1. The summed E-state index contributed by atoms with van der Waals surface area (Å²) >= 11 is 1.59. The smallest absolute Gasteiger partial charge is 0.233 e. The van der Waals surface area contributed by atoms with E-state index in [0.29, 0.717) is 0 Å². The first-order valence-electron chi connectivity index (χ1n) is 8.81. The van der Waals surface area contributed by atoms with Gasteiger partial charge in [-0.15, -0.1) is 11.8 Å². The Hall–Kier alpha value is -1.74. The fourth-order valence-electron chi connectivity index (χ4n) is 2.56. The van der Waals surface area contributed by atoms with E-state index in [1.54, 1.807) is 11.8 Å². The molecular weight excluding hydrogens is 326 g/mol. The molecular formula is C22H29NOS. The van der Waals surface area contributed by atoms with Gasteiger partial charge < -0.3 is 5.32 Å². The number of thioether (sulfide) groups is 1. The monoisotopic (exact) mass is 355 g/mol. The molecule has 0 unspecified atom stereocenters. The third-order valence-corrected chi connectivity index (χ3v) is 5.45. The first kappa shape index (κ1) is 19.6. The highest BCUT2D eigenvalue weighted by molar-refractivity contribution is 8.00. The maximum Gasteiger partial charge on any atom is 0.233 e. The molecule has 0 saturated carbocycles. The molecule has 1 amide bonds. The van der Waals surface area contributed by atoms with E-state index in [9.17, 15) is 4.79 Å². The van der Waals surface area contributed by atoms with Crippen LogP contribution in [0.5, 0.6) is 0 Å². The van der Waals surface area contributed by atoms with Crippen molar-refractivity contribution in [2.75, 3.05) is 0 Å². The van der Waals surface area contributed by atoms with Gasteiger partial charge >= 0.3 is 0 Å². The van der Waals surface area contributed by atoms with E-state index in [-0.39, 0.29) is 22.6 Å². The lowest BCUT2D eigenvalue weighted by Crippen LogP contribution is -2.33. The maximum absolute atomic E-state index is 12.5. The molecule has 0 aliphatic heterocycles. The van der Waals surface area contributed by atoms with E-state index in [1.165, 1.54) is 11.1 Å². The van der Waals surface area contributed by atoms with Gasteiger partial charge in [-0.25, -0.2) is 0 Å². The Bertz CT molecular complexity index is 698. The summed E-state index contributed by atoms with van der Waals surface area (Å²) in [5.41, 5.74) is 3.81. The van der Waals surface area contributed by atoms with Crippen molar-refractivity contribution in [3.8, 4) is 0 Å². The average molecular weight is 356 g/mol. The lowest BCUT2D eigenvalue weighted by atomic mass is 9.86. The number of rotatable bonds is 5. The minimum atomic E-state index is -0.126. The Balaban J connectivity index is 1.95. The Labute approximate surface area is 156 Å². The molecule has 0 saturated heterocycles. The third-order valence-electron chi connectivity index (χ3n) is 4.34. The van der Waals surface area contributed by atoms with Gasteiger partial charge in [0.1, 0.15) is 0 Å². The molecule has 25 heavy (non-hydrogen) atoms. The first-order chi connectivity index (χ1) is 11.7. The molecule has 0 fully saturated rings. The van der Waals surface area contributed by atoms with E-state index >= 15 is 0 Å². The molecule has 2 rings (SSSR count). The molecule has 0 radical (unpaired) electrons. The minimum Gasteiger partial charge on any atom is -0.349 e. The van der Waals surface area contributed by atoms with Gasteiger partial charge in [0.15, 0.2) is 0 Å². The molecule has 2 atom stereocenters.